The monoisotopic (exact) mass is 1360 g/mol. The summed E-state index contributed by atoms with van der Waals surface area (Å²) in [6.07, 6.45) is 54.8. The van der Waals surface area contributed by atoms with Gasteiger partial charge in [-0.2, -0.15) is 0 Å². The first-order chi connectivity index (χ1) is 44.9. The van der Waals surface area contributed by atoms with Crippen LogP contribution in [0.15, 0.2) is 24.3 Å². The molecule has 19 heteroatoms. The van der Waals surface area contributed by atoms with Crippen molar-refractivity contribution >= 4 is 39.5 Å². The summed E-state index contributed by atoms with van der Waals surface area (Å²) in [6.45, 7) is 9.49. The number of hydrogen-bond donors (Lipinski definition) is 3. The number of hydrogen-bond acceptors (Lipinski definition) is 15. The van der Waals surface area contributed by atoms with Crippen molar-refractivity contribution in [2.45, 2.75) is 374 Å². The number of ether oxygens (including phenoxy) is 4. The number of rotatable bonds is 71. The van der Waals surface area contributed by atoms with E-state index in [0.717, 1.165) is 115 Å². The van der Waals surface area contributed by atoms with Gasteiger partial charge in [0.05, 0.1) is 26.4 Å². The van der Waals surface area contributed by atoms with E-state index in [1.807, 2.05) is 0 Å². The first kappa shape index (κ1) is 90.5. The van der Waals surface area contributed by atoms with E-state index >= 15 is 0 Å². The van der Waals surface area contributed by atoms with Gasteiger partial charge in [-0.15, -0.1) is 0 Å². The van der Waals surface area contributed by atoms with Gasteiger partial charge in [0.1, 0.15) is 19.3 Å². The molecule has 0 aromatic rings. The van der Waals surface area contributed by atoms with Crippen LogP contribution in [0.1, 0.15) is 356 Å². The number of carbonyl (C=O) groups is 4. The van der Waals surface area contributed by atoms with E-state index in [2.05, 4.69) is 65.8 Å². The Labute approximate surface area is 567 Å². The van der Waals surface area contributed by atoms with Crippen LogP contribution in [-0.4, -0.2) is 96.7 Å². The normalized spacial score (nSPS) is 14.2. The lowest BCUT2D eigenvalue weighted by Crippen LogP contribution is -2.30. The van der Waals surface area contributed by atoms with Crippen LogP contribution in [0.2, 0.25) is 0 Å². The maximum Gasteiger partial charge on any atom is 0.472 e. The average molecular weight is 1360 g/mol. The zero-order valence-corrected chi connectivity index (χ0v) is 61.8. The number of allylic oxidation sites excluding steroid dienone is 4. The Bertz CT molecular complexity index is 1900. The van der Waals surface area contributed by atoms with Crippen molar-refractivity contribution in [2.75, 3.05) is 39.6 Å². The van der Waals surface area contributed by atoms with Gasteiger partial charge in [-0.25, -0.2) is 9.13 Å². The first-order valence-electron chi connectivity index (χ1n) is 37.8. The molecule has 17 nitrogen and oxygen atoms in total. The fourth-order valence-electron chi connectivity index (χ4n) is 10.8. The maximum atomic E-state index is 13.1. The van der Waals surface area contributed by atoms with E-state index in [1.165, 1.54) is 161 Å². The van der Waals surface area contributed by atoms with Crippen molar-refractivity contribution in [3.63, 3.8) is 0 Å². The maximum absolute atomic E-state index is 13.1. The predicted molar refractivity (Wildman–Crippen MR) is 377 cm³/mol. The Morgan fingerprint density at radius 1 is 0.333 bits per heavy atom. The molecule has 0 saturated heterocycles. The zero-order valence-electron chi connectivity index (χ0n) is 60.0. The molecule has 0 aromatic carbocycles. The van der Waals surface area contributed by atoms with Gasteiger partial charge in [0.2, 0.25) is 0 Å². The summed E-state index contributed by atoms with van der Waals surface area (Å²) < 4.78 is 68.4. The summed E-state index contributed by atoms with van der Waals surface area (Å²) in [7, 11) is -9.92. The van der Waals surface area contributed by atoms with Gasteiger partial charge < -0.3 is 33.8 Å². The SMILES string of the molecule is CCCCCC/C=C\C=C/CCCCCCCC(=O)O[C@H](COC(=O)CCCCCCCCCCCCCCC(C)C)COP(=O)(O)OC[C@@H](O)COP(=O)(O)OC[C@@H](COC(=O)CCCCCCCCCCC(C)C)OC(=O)CCCCCCCCCCCCCC. The zero-order chi connectivity index (χ0) is 68.6. The Hall–Kier alpha value is -2.46. The van der Waals surface area contributed by atoms with Gasteiger partial charge in [-0.05, 0) is 63.2 Å². The summed E-state index contributed by atoms with van der Waals surface area (Å²) in [5.74, 6) is -0.644. The summed E-state index contributed by atoms with van der Waals surface area (Å²) >= 11 is 0. The average Bonchev–Trinajstić information content (AvgIpc) is 2.11. The molecule has 2 unspecified atom stereocenters. The highest BCUT2D eigenvalue weighted by Crippen LogP contribution is 2.45. The molecule has 0 radical (unpaired) electrons. The second-order valence-electron chi connectivity index (χ2n) is 27.0. The molecule has 0 aromatic heterocycles. The smallest absolute Gasteiger partial charge is 0.462 e. The molecular formula is C74H140O17P2. The number of phosphoric acid groups is 2. The molecule has 0 saturated carbocycles. The van der Waals surface area contributed by atoms with Gasteiger partial charge in [0, 0.05) is 25.7 Å². The van der Waals surface area contributed by atoms with Gasteiger partial charge >= 0.3 is 39.5 Å². The third-order valence-electron chi connectivity index (χ3n) is 16.6. The van der Waals surface area contributed by atoms with Gasteiger partial charge in [0.15, 0.2) is 12.2 Å². The summed E-state index contributed by atoms with van der Waals surface area (Å²) in [5.41, 5.74) is 0. The molecule has 0 bridgehead atoms. The fraction of sp³-hybridized carbons (Fsp3) is 0.892. The van der Waals surface area contributed by atoms with Crippen LogP contribution in [0, 0.1) is 11.8 Å². The number of carbonyl (C=O) groups excluding carboxylic acids is 4. The minimum atomic E-state index is -4.96. The minimum Gasteiger partial charge on any atom is -0.462 e. The molecule has 0 aliphatic heterocycles. The fourth-order valence-corrected chi connectivity index (χ4v) is 12.3. The molecule has 0 fully saturated rings. The first-order valence-corrected chi connectivity index (χ1v) is 40.8. The molecule has 548 valence electrons. The van der Waals surface area contributed by atoms with Crippen LogP contribution in [-0.2, 0) is 65.4 Å². The summed E-state index contributed by atoms with van der Waals surface area (Å²) in [4.78, 5) is 72.7. The van der Waals surface area contributed by atoms with Gasteiger partial charge in [-0.1, -0.05) is 303 Å². The van der Waals surface area contributed by atoms with Crippen LogP contribution in [0.25, 0.3) is 0 Å². The van der Waals surface area contributed by atoms with Crippen molar-refractivity contribution in [3.05, 3.63) is 24.3 Å². The van der Waals surface area contributed by atoms with Crippen molar-refractivity contribution in [2.24, 2.45) is 11.8 Å². The lowest BCUT2D eigenvalue weighted by atomic mass is 10.0. The van der Waals surface area contributed by atoms with Crippen LogP contribution in [0.4, 0.5) is 0 Å². The van der Waals surface area contributed by atoms with E-state index in [4.69, 9.17) is 37.0 Å². The van der Waals surface area contributed by atoms with Gasteiger partial charge in [0.25, 0.3) is 0 Å². The van der Waals surface area contributed by atoms with Crippen molar-refractivity contribution in [1.29, 1.82) is 0 Å². The second-order valence-corrected chi connectivity index (χ2v) is 29.9. The van der Waals surface area contributed by atoms with E-state index in [0.29, 0.717) is 25.7 Å². The molecule has 93 heavy (non-hydrogen) atoms. The Balaban J connectivity index is 5.29. The third kappa shape index (κ3) is 67.9. The topological polar surface area (TPSA) is 237 Å². The Morgan fingerprint density at radius 3 is 0.882 bits per heavy atom. The largest absolute Gasteiger partial charge is 0.472 e. The summed E-state index contributed by atoms with van der Waals surface area (Å²) in [5, 5.41) is 10.6. The Morgan fingerprint density at radius 2 is 0.581 bits per heavy atom. The van der Waals surface area contributed by atoms with Crippen LogP contribution in [0.3, 0.4) is 0 Å². The minimum absolute atomic E-state index is 0.0850. The van der Waals surface area contributed by atoms with Gasteiger partial charge in [-0.3, -0.25) is 37.3 Å². The molecule has 3 N–H and O–H groups in total. The molecule has 0 spiro atoms. The van der Waals surface area contributed by atoms with E-state index in [9.17, 15) is 43.2 Å². The lowest BCUT2D eigenvalue weighted by molar-refractivity contribution is -0.161. The molecule has 0 amide bonds. The molecule has 0 aliphatic rings. The molecule has 0 rings (SSSR count). The number of phosphoric ester groups is 2. The highest BCUT2D eigenvalue weighted by atomic mass is 31.2. The molecule has 5 atom stereocenters. The van der Waals surface area contributed by atoms with Crippen LogP contribution in [0.5, 0.6) is 0 Å². The molecular weight excluding hydrogens is 1220 g/mol. The Kier molecular flexibility index (Phi) is 63.7. The number of esters is 4. The molecule has 0 aliphatic carbocycles. The molecule has 0 heterocycles. The standard InChI is InChI=1S/C74H140O17P2/c1-7-9-11-13-15-17-19-21-22-23-29-33-41-47-53-59-74(79)90-69(62-84-71(76)56-50-44-38-31-28-25-24-26-30-36-42-48-54-66(3)4)64-88-92(80,81)86-60-68(75)61-87-93(82,83)89-65-70(63-85-72(77)57-51-45-39-35-34-37-43-49-55-67(5)6)91-73(78)58-52-46-40-32-27-20-18-16-14-12-10-8-2/h17,19,21-22,66-70,75H,7-16,18,20,23-65H2,1-6H3,(H,80,81)(H,82,83)/b19-17-,22-21-/t68-,69-,70-/m1/s1. The van der Waals surface area contributed by atoms with E-state index in [1.54, 1.807) is 0 Å². The highest BCUT2D eigenvalue weighted by Gasteiger charge is 2.30. The van der Waals surface area contributed by atoms with Crippen molar-refractivity contribution in [1.82, 2.24) is 0 Å². The van der Waals surface area contributed by atoms with Crippen LogP contribution >= 0.6 is 15.6 Å². The predicted octanol–water partition coefficient (Wildman–Crippen LogP) is 21.1. The second kappa shape index (κ2) is 65.5. The van der Waals surface area contributed by atoms with E-state index < -0.39 is 97.5 Å². The van der Waals surface area contributed by atoms with Crippen molar-refractivity contribution in [3.8, 4) is 0 Å². The third-order valence-corrected chi connectivity index (χ3v) is 18.5. The quantitative estimate of drug-likeness (QED) is 0.0169. The summed E-state index contributed by atoms with van der Waals surface area (Å²) in [6, 6.07) is 0. The van der Waals surface area contributed by atoms with Crippen LogP contribution < -0.4 is 0 Å². The number of aliphatic hydroxyl groups is 1. The lowest BCUT2D eigenvalue weighted by Gasteiger charge is -2.21. The highest BCUT2D eigenvalue weighted by molar-refractivity contribution is 7.47. The number of unbranched alkanes of at least 4 members (excludes halogenated alkanes) is 38. The van der Waals surface area contributed by atoms with E-state index in [-0.39, 0.29) is 25.7 Å². The number of aliphatic hydroxyl groups excluding tert-OH is 1. The van der Waals surface area contributed by atoms with Crippen molar-refractivity contribution < 1.29 is 80.2 Å².